The van der Waals surface area contributed by atoms with Crippen molar-refractivity contribution < 1.29 is 14.3 Å². The number of ether oxygens (including phenoxy) is 2. The van der Waals surface area contributed by atoms with E-state index in [0.29, 0.717) is 18.1 Å². The number of hydrogen-bond acceptors (Lipinski definition) is 8. The lowest BCUT2D eigenvalue weighted by molar-refractivity contribution is 0.0571. The van der Waals surface area contributed by atoms with Gasteiger partial charge in [-0.1, -0.05) is 12.1 Å². The molecule has 1 aromatic carbocycles. The zero-order chi connectivity index (χ0) is 17.9. The summed E-state index contributed by atoms with van der Waals surface area (Å²) in [4.78, 5) is 16.4. The number of rotatable bonds is 4. The second-order valence-corrected chi connectivity index (χ2v) is 6.83. The summed E-state index contributed by atoms with van der Waals surface area (Å²) in [6, 6.07) is 7.77. The van der Waals surface area contributed by atoms with Crippen molar-refractivity contribution in [3.63, 3.8) is 0 Å². The molecule has 0 radical (unpaired) electrons. The molecule has 1 atom stereocenters. The lowest BCUT2D eigenvalue weighted by atomic mass is 10.2. The second kappa shape index (κ2) is 7.46. The molecule has 0 unspecified atom stereocenters. The number of hydrogen-bond donors (Lipinski definition) is 1. The highest BCUT2D eigenvalue weighted by Gasteiger charge is 2.28. The van der Waals surface area contributed by atoms with E-state index in [-0.39, 0.29) is 12.0 Å². The van der Waals surface area contributed by atoms with Crippen molar-refractivity contribution in [2.24, 2.45) is 0 Å². The highest BCUT2D eigenvalue weighted by molar-refractivity contribution is 6.99. The predicted molar refractivity (Wildman–Crippen MR) is 98.3 cm³/mol. The molecule has 8 nitrogen and oxygen atoms in total. The largest absolute Gasteiger partial charge is 0.486 e. The van der Waals surface area contributed by atoms with Crippen LogP contribution in [0.5, 0.6) is 11.5 Å². The van der Waals surface area contributed by atoms with Crippen molar-refractivity contribution in [2.75, 3.05) is 51.3 Å². The molecule has 1 amide bonds. The first-order valence-electron chi connectivity index (χ1n) is 8.65. The monoisotopic (exact) mass is 375 g/mol. The zero-order valence-corrected chi connectivity index (χ0v) is 15.4. The van der Waals surface area contributed by atoms with E-state index >= 15 is 0 Å². The number of piperazine rings is 1. The maximum Gasteiger partial charge on any atom is 0.274 e. The summed E-state index contributed by atoms with van der Waals surface area (Å²) < 4.78 is 20.3. The summed E-state index contributed by atoms with van der Waals surface area (Å²) in [6.07, 6.45) is 0.0267. The van der Waals surface area contributed by atoms with Gasteiger partial charge in [0, 0.05) is 39.8 Å². The molecule has 1 fully saturated rings. The Balaban J connectivity index is 1.32. The number of nitrogens with zero attached hydrogens (tertiary/aromatic N) is 4. The Morgan fingerprint density at radius 1 is 1.23 bits per heavy atom. The topological polar surface area (TPSA) is 79.8 Å². The fourth-order valence-corrected chi connectivity index (χ4v) is 3.80. The number of amides is 1. The van der Waals surface area contributed by atoms with Crippen LogP contribution in [0.2, 0.25) is 0 Å². The van der Waals surface area contributed by atoms with Gasteiger partial charge in [0.05, 0.1) is 11.7 Å². The van der Waals surface area contributed by atoms with Gasteiger partial charge in [0.1, 0.15) is 12.7 Å². The molecule has 2 aliphatic rings. The standard InChI is InChI=1S/C17H21N5O3S/c1-18-17(23)15-16(20-26-19-15)22-8-6-21(7-9-22)10-12-11-24-13-4-2-3-5-14(13)25-12/h2-5,12H,6-11H2,1H3,(H,18,23)/t12-/m0/s1. The first-order valence-corrected chi connectivity index (χ1v) is 9.38. The summed E-state index contributed by atoms with van der Waals surface area (Å²) in [7, 11) is 1.60. The van der Waals surface area contributed by atoms with Crippen LogP contribution in [0.15, 0.2) is 24.3 Å². The molecule has 2 aromatic rings. The van der Waals surface area contributed by atoms with E-state index < -0.39 is 0 Å². The Kier molecular flexibility index (Phi) is 4.89. The molecular formula is C17H21N5O3S. The number of aromatic nitrogens is 2. The van der Waals surface area contributed by atoms with Crippen LogP contribution in [-0.2, 0) is 0 Å². The molecule has 1 aromatic heterocycles. The molecule has 138 valence electrons. The third-order valence-electron chi connectivity index (χ3n) is 4.61. The van der Waals surface area contributed by atoms with Crippen LogP contribution in [-0.4, -0.2) is 72.0 Å². The molecule has 9 heteroatoms. The van der Waals surface area contributed by atoms with Gasteiger partial charge in [-0.3, -0.25) is 9.69 Å². The maximum absolute atomic E-state index is 11.9. The third-order valence-corrected chi connectivity index (χ3v) is 5.13. The van der Waals surface area contributed by atoms with Crippen molar-refractivity contribution in [1.29, 1.82) is 0 Å². The summed E-state index contributed by atoms with van der Waals surface area (Å²) in [5, 5.41) is 2.62. The molecule has 0 aliphatic carbocycles. The van der Waals surface area contributed by atoms with Crippen LogP contribution in [0.1, 0.15) is 10.5 Å². The van der Waals surface area contributed by atoms with E-state index in [9.17, 15) is 4.79 Å². The fourth-order valence-electron chi connectivity index (χ4n) is 3.24. The summed E-state index contributed by atoms with van der Waals surface area (Å²) >= 11 is 1.07. The maximum atomic E-state index is 11.9. The third kappa shape index (κ3) is 3.45. The Morgan fingerprint density at radius 2 is 2.00 bits per heavy atom. The molecule has 0 spiro atoms. The summed E-state index contributed by atoms with van der Waals surface area (Å²) in [5.74, 6) is 2.11. The number of carbonyl (C=O) groups excluding carboxylic acids is 1. The molecule has 0 bridgehead atoms. The van der Waals surface area contributed by atoms with Gasteiger partial charge < -0.3 is 19.7 Å². The van der Waals surface area contributed by atoms with Gasteiger partial charge in [-0.25, -0.2) is 0 Å². The molecule has 2 aliphatic heterocycles. The number of fused-ring (bicyclic) bond motifs is 1. The minimum absolute atomic E-state index is 0.0267. The highest BCUT2D eigenvalue weighted by Crippen LogP contribution is 2.31. The van der Waals surface area contributed by atoms with Crippen molar-refractivity contribution in [3.8, 4) is 11.5 Å². The lowest BCUT2D eigenvalue weighted by Crippen LogP contribution is -2.51. The average molecular weight is 375 g/mol. The van der Waals surface area contributed by atoms with E-state index in [4.69, 9.17) is 9.47 Å². The Labute approximate surface area is 156 Å². The van der Waals surface area contributed by atoms with Crippen molar-refractivity contribution in [2.45, 2.75) is 6.10 Å². The first-order chi connectivity index (χ1) is 12.7. The molecule has 4 rings (SSSR count). The van der Waals surface area contributed by atoms with Crippen LogP contribution in [0, 0.1) is 0 Å². The minimum Gasteiger partial charge on any atom is -0.486 e. The second-order valence-electron chi connectivity index (χ2n) is 6.30. The molecule has 26 heavy (non-hydrogen) atoms. The first kappa shape index (κ1) is 17.0. The van der Waals surface area contributed by atoms with Crippen LogP contribution < -0.4 is 19.7 Å². The van der Waals surface area contributed by atoms with Crippen molar-refractivity contribution in [3.05, 3.63) is 30.0 Å². The van der Waals surface area contributed by atoms with Crippen LogP contribution in [0.25, 0.3) is 0 Å². The fraction of sp³-hybridized carbons (Fsp3) is 0.471. The lowest BCUT2D eigenvalue weighted by Gasteiger charge is -2.37. The molecule has 1 saturated heterocycles. The van der Waals surface area contributed by atoms with E-state index in [0.717, 1.165) is 56.0 Å². The number of carbonyl (C=O) groups is 1. The van der Waals surface area contributed by atoms with Gasteiger partial charge >= 0.3 is 0 Å². The van der Waals surface area contributed by atoms with Crippen LogP contribution in [0.4, 0.5) is 5.82 Å². The van der Waals surface area contributed by atoms with Gasteiger partial charge in [-0.15, -0.1) is 0 Å². The average Bonchev–Trinajstić information content (AvgIpc) is 3.18. The van der Waals surface area contributed by atoms with Crippen LogP contribution in [0.3, 0.4) is 0 Å². The van der Waals surface area contributed by atoms with Gasteiger partial charge in [-0.2, -0.15) is 8.75 Å². The van der Waals surface area contributed by atoms with Crippen molar-refractivity contribution in [1.82, 2.24) is 19.0 Å². The molecule has 1 N–H and O–H groups in total. The zero-order valence-electron chi connectivity index (χ0n) is 14.6. The minimum atomic E-state index is -0.192. The van der Waals surface area contributed by atoms with E-state index in [1.54, 1.807) is 7.05 Å². The summed E-state index contributed by atoms with van der Waals surface area (Å²) in [5.41, 5.74) is 0.409. The van der Waals surface area contributed by atoms with E-state index in [1.165, 1.54) is 0 Å². The van der Waals surface area contributed by atoms with Gasteiger partial charge in [0.25, 0.3) is 5.91 Å². The predicted octanol–water partition coefficient (Wildman–Crippen LogP) is 0.860. The van der Waals surface area contributed by atoms with Crippen LogP contribution >= 0.6 is 11.7 Å². The van der Waals surface area contributed by atoms with Gasteiger partial charge in [0.2, 0.25) is 0 Å². The Bertz CT molecular complexity index is 775. The molecular weight excluding hydrogens is 354 g/mol. The molecule has 3 heterocycles. The number of nitrogens with one attached hydrogen (secondary N) is 1. The quantitative estimate of drug-likeness (QED) is 0.849. The summed E-state index contributed by atoms with van der Waals surface area (Å²) in [6.45, 7) is 4.76. The van der Waals surface area contributed by atoms with Crippen molar-refractivity contribution >= 4 is 23.5 Å². The Morgan fingerprint density at radius 3 is 2.77 bits per heavy atom. The Hall–Kier alpha value is -2.39. The van der Waals surface area contributed by atoms with E-state index in [1.807, 2.05) is 24.3 Å². The SMILES string of the molecule is CNC(=O)c1nsnc1N1CCN(C[C@H]2COc3ccccc3O2)CC1. The smallest absolute Gasteiger partial charge is 0.274 e. The number of benzene rings is 1. The van der Waals surface area contributed by atoms with Gasteiger partial charge in [0.15, 0.2) is 23.0 Å². The number of anilines is 1. The number of para-hydroxylation sites is 2. The highest BCUT2D eigenvalue weighted by atomic mass is 32.1. The van der Waals surface area contributed by atoms with E-state index in [2.05, 4.69) is 23.9 Å². The molecule has 0 saturated carbocycles. The van der Waals surface area contributed by atoms with Gasteiger partial charge in [-0.05, 0) is 12.1 Å². The normalized spacial score (nSPS) is 20.0.